The number of ether oxygens (including phenoxy) is 2. The number of nitrogens with zero attached hydrogens (tertiary/aromatic N) is 1. The highest BCUT2D eigenvalue weighted by Crippen LogP contribution is 2.15. The predicted molar refractivity (Wildman–Crippen MR) is 142 cm³/mol. The van der Waals surface area contributed by atoms with E-state index < -0.39 is 11.5 Å². The van der Waals surface area contributed by atoms with E-state index in [-0.39, 0.29) is 6.61 Å². The molecule has 0 saturated carbocycles. The summed E-state index contributed by atoms with van der Waals surface area (Å²) in [5.74, 6) is 0.0374. The van der Waals surface area contributed by atoms with Crippen molar-refractivity contribution in [3.63, 3.8) is 0 Å². The van der Waals surface area contributed by atoms with Gasteiger partial charge in [-0.15, -0.1) is 0 Å². The van der Waals surface area contributed by atoms with Crippen molar-refractivity contribution in [3.05, 3.63) is 41.7 Å². The average molecular weight is 486 g/mol. The summed E-state index contributed by atoms with van der Waals surface area (Å²) >= 11 is 0. The van der Waals surface area contributed by atoms with E-state index in [2.05, 4.69) is 6.92 Å². The van der Waals surface area contributed by atoms with Crippen molar-refractivity contribution >= 4 is 5.97 Å². The molecule has 0 aliphatic rings. The third kappa shape index (κ3) is 16.7. The largest absolute Gasteiger partial charge is 0.514 e. The summed E-state index contributed by atoms with van der Waals surface area (Å²) in [6.45, 7) is 3.16. The average Bonchev–Trinajstić information content (AvgIpc) is 2.87. The first-order valence-electron chi connectivity index (χ1n) is 13.8. The summed E-state index contributed by atoms with van der Waals surface area (Å²) in [5.41, 5.74) is 0.613. The Balaban J connectivity index is 1.92. The lowest BCUT2D eigenvalue weighted by atomic mass is 10.0. The Morgan fingerprint density at radius 1 is 0.800 bits per heavy atom. The topological polar surface area (TPSA) is 79.5 Å². The first kappa shape index (κ1) is 30.6. The first-order valence-corrected chi connectivity index (χ1v) is 13.8. The number of unbranched alkanes of at least 4 members (excludes halogenated alkanes) is 15. The molecule has 196 valence electrons. The van der Waals surface area contributed by atoms with E-state index in [9.17, 15) is 4.79 Å². The molecule has 35 heavy (non-hydrogen) atoms. The van der Waals surface area contributed by atoms with Crippen molar-refractivity contribution in [3.8, 4) is 11.8 Å². The maximum Gasteiger partial charge on any atom is 0.352 e. The maximum absolute atomic E-state index is 11.5. The molecule has 0 unspecified atom stereocenters. The highest BCUT2D eigenvalue weighted by Gasteiger charge is 2.10. The number of aliphatic hydroxyl groups is 1. The van der Waals surface area contributed by atoms with Gasteiger partial charge in [0.25, 0.3) is 0 Å². The molecule has 0 bridgehead atoms. The quantitative estimate of drug-likeness (QED) is 0.0586. The lowest BCUT2D eigenvalue weighted by Crippen LogP contribution is -2.09. The standard InChI is InChI=1S/C30H47NO4/c1-2-3-4-5-6-7-8-9-10-11-12-13-14-15-16-17-23-34-29-20-18-27(19-21-29)22-24-35-30(33)28(25-31)26-32/h18-21,26,32H,2-17,22-24H2,1H3/b28-26-. The fourth-order valence-electron chi connectivity index (χ4n) is 4.06. The molecule has 0 aliphatic carbocycles. The molecule has 5 nitrogen and oxygen atoms in total. The van der Waals surface area contributed by atoms with Crippen molar-refractivity contribution in [2.75, 3.05) is 13.2 Å². The maximum atomic E-state index is 11.5. The van der Waals surface area contributed by atoms with Gasteiger partial charge in [0.1, 0.15) is 18.1 Å². The molecule has 0 fully saturated rings. The number of carbonyl (C=O) groups is 1. The van der Waals surface area contributed by atoms with Crippen LogP contribution in [0.25, 0.3) is 0 Å². The first-order chi connectivity index (χ1) is 17.2. The number of nitriles is 1. The minimum Gasteiger partial charge on any atom is -0.514 e. The van der Waals surface area contributed by atoms with Crippen LogP contribution in [0.5, 0.6) is 5.75 Å². The van der Waals surface area contributed by atoms with Gasteiger partial charge >= 0.3 is 5.97 Å². The van der Waals surface area contributed by atoms with Crippen molar-refractivity contribution in [1.29, 1.82) is 5.26 Å². The minimum absolute atomic E-state index is 0.150. The number of aliphatic hydroxyl groups excluding tert-OH is 1. The minimum atomic E-state index is -0.811. The van der Waals surface area contributed by atoms with E-state index >= 15 is 0 Å². The van der Waals surface area contributed by atoms with Crippen LogP contribution in [-0.4, -0.2) is 24.3 Å². The molecule has 5 heteroatoms. The monoisotopic (exact) mass is 485 g/mol. The summed E-state index contributed by atoms with van der Waals surface area (Å²) in [4.78, 5) is 11.5. The Hall–Kier alpha value is -2.48. The van der Waals surface area contributed by atoms with Gasteiger partial charge in [-0.25, -0.2) is 4.79 Å². The molecule has 1 rings (SSSR count). The van der Waals surface area contributed by atoms with E-state index in [1.54, 1.807) is 6.07 Å². The van der Waals surface area contributed by atoms with Crippen LogP contribution in [0.15, 0.2) is 36.1 Å². The number of hydrogen-bond acceptors (Lipinski definition) is 5. The second kappa shape index (κ2) is 22.0. The van der Waals surface area contributed by atoms with E-state index in [0.717, 1.165) is 24.3 Å². The molecule has 0 aliphatic heterocycles. The summed E-state index contributed by atoms with van der Waals surface area (Å²) in [5, 5.41) is 17.4. The molecule has 1 aromatic carbocycles. The Labute approximate surface area is 213 Å². The van der Waals surface area contributed by atoms with Gasteiger partial charge in [0, 0.05) is 6.42 Å². The Morgan fingerprint density at radius 3 is 1.74 bits per heavy atom. The molecule has 0 radical (unpaired) electrons. The summed E-state index contributed by atoms with van der Waals surface area (Å²) in [7, 11) is 0. The van der Waals surface area contributed by atoms with E-state index in [1.807, 2.05) is 24.3 Å². The lowest BCUT2D eigenvalue weighted by molar-refractivity contribution is -0.138. The fourth-order valence-corrected chi connectivity index (χ4v) is 4.06. The van der Waals surface area contributed by atoms with Crippen molar-refractivity contribution in [1.82, 2.24) is 0 Å². The lowest BCUT2D eigenvalue weighted by Gasteiger charge is -2.08. The third-order valence-electron chi connectivity index (χ3n) is 6.28. The Morgan fingerprint density at radius 2 is 1.29 bits per heavy atom. The number of rotatable bonds is 22. The zero-order chi connectivity index (χ0) is 25.4. The van der Waals surface area contributed by atoms with Crippen LogP contribution in [-0.2, 0) is 16.0 Å². The molecule has 0 saturated heterocycles. The second-order valence-corrected chi connectivity index (χ2v) is 9.34. The van der Waals surface area contributed by atoms with Gasteiger partial charge < -0.3 is 14.6 Å². The van der Waals surface area contributed by atoms with Gasteiger partial charge in [-0.1, -0.05) is 115 Å². The zero-order valence-electron chi connectivity index (χ0n) is 21.9. The van der Waals surface area contributed by atoms with Crippen LogP contribution in [0, 0.1) is 11.3 Å². The summed E-state index contributed by atoms with van der Waals surface area (Å²) in [6.07, 6.45) is 22.8. The molecule has 0 amide bonds. The van der Waals surface area contributed by atoms with Gasteiger partial charge in [-0.2, -0.15) is 5.26 Å². The molecular formula is C30H47NO4. The molecule has 0 heterocycles. The zero-order valence-corrected chi connectivity index (χ0v) is 21.9. The number of hydrogen-bond donors (Lipinski definition) is 1. The summed E-state index contributed by atoms with van der Waals surface area (Å²) in [6, 6.07) is 9.34. The number of carbonyl (C=O) groups excluding carboxylic acids is 1. The molecule has 1 aromatic rings. The summed E-state index contributed by atoms with van der Waals surface area (Å²) < 4.78 is 10.8. The van der Waals surface area contributed by atoms with Crippen molar-refractivity contribution in [2.24, 2.45) is 0 Å². The van der Waals surface area contributed by atoms with Crippen molar-refractivity contribution < 1.29 is 19.4 Å². The second-order valence-electron chi connectivity index (χ2n) is 9.34. The third-order valence-corrected chi connectivity index (χ3v) is 6.28. The van der Waals surface area contributed by atoms with E-state index in [1.165, 1.54) is 96.3 Å². The van der Waals surface area contributed by atoms with E-state index in [4.69, 9.17) is 19.8 Å². The van der Waals surface area contributed by atoms with Gasteiger partial charge in [-0.3, -0.25) is 0 Å². The highest BCUT2D eigenvalue weighted by molar-refractivity contribution is 5.92. The molecular weight excluding hydrogens is 438 g/mol. The molecule has 1 N–H and O–H groups in total. The van der Waals surface area contributed by atoms with Gasteiger partial charge in [0.05, 0.1) is 13.2 Å². The van der Waals surface area contributed by atoms with Crippen LogP contribution in [0.2, 0.25) is 0 Å². The number of benzene rings is 1. The van der Waals surface area contributed by atoms with E-state index in [0.29, 0.717) is 12.7 Å². The molecule has 0 atom stereocenters. The Kier molecular flexibility index (Phi) is 19.2. The highest BCUT2D eigenvalue weighted by atomic mass is 16.5. The van der Waals surface area contributed by atoms with Gasteiger partial charge in [0.2, 0.25) is 0 Å². The van der Waals surface area contributed by atoms with Crippen molar-refractivity contribution in [2.45, 2.75) is 116 Å². The number of esters is 1. The molecule has 0 aromatic heterocycles. The van der Waals surface area contributed by atoms with Gasteiger partial charge in [0.15, 0.2) is 5.57 Å². The molecule has 0 spiro atoms. The van der Waals surface area contributed by atoms with Crippen LogP contribution in [0.3, 0.4) is 0 Å². The van der Waals surface area contributed by atoms with Crippen LogP contribution < -0.4 is 4.74 Å². The van der Waals surface area contributed by atoms with Crippen LogP contribution in [0.4, 0.5) is 0 Å². The Bertz CT molecular complexity index is 721. The fraction of sp³-hybridized carbons (Fsp3) is 0.667. The van der Waals surface area contributed by atoms with Crippen LogP contribution >= 0.6 is 0 Å². The van der Waals surface area contributed by atoms with Gasteiger partial charge in [-0.05, 0) is 24.1 Å². The SMILES string of the molecule is CCCCCCCCCCCCCCCCCCOc1ccc(CCOC(=O)/C(C#N)=C\O)cc1. The van der Waals surface area contributed by atoms with Crippen LogP contribution in [0.1, 0.15) is 115 Å². The normalized spacial score (nSPS) is 11.3. The smallest absolute Gasteiger partial charge is 0.352 e. The predicted octanol–water partition coefficient (Wildman–Crippen LogP) is 8.38.